The van der Waals surface area contributed by atoms with Crippen LogP contribution in [-0.4, -0.2) is 4.98 Å². The lowest BCUT2D eigenvalue weighted by atomic mass is 9.92. The predicted molar refractivity (Wildman–Crippen MR) is 217 cm³/mol. The van der Waals surface area contributed by atoms with Gasteiger partial charge in [0.25, 0.3) is 0 Å². The van der Waals surface area contributed by atoms with Gasteiger partial charge in [0.15, 0.2) is 0 Å². The van der Waals surface area contributed by atoms with E-state index in [1.165, 1.54) is 88.2 Å². The molecule has 0 aliphatic carbocycles. The maximum absolute atomic E-state index is 5.47. The first-order valence-electron chi connectivity index (χ1n) is 16.5. The zero-order valence-corrected chi connectivity index (χ0v) is 28.6. The number of fused-ring (bicyclic) bond motifs is 11. The standard InChI is InChI=1S/C45H25NS3/c1-5-19-37-35(13-1)45-41(36-14-4-8-22-40(36)49-45)42(46-37)28-24-26(29-15-9-17-33-31-11-2-6-20-38(31)47-43(29)33)23-27(25-28)30-16-10-18-34-32-12-3-7-21-39(32)48-44(30)34/h1-25H. The van der Waals surface area contributed by atoms with Crippen molar-refractivity contribution in [2.45, 2.75) is 0 Å². The molecule has 0 fully saturated rings. The number of thiophene rings is 3. The average molecular weight is 676 g/mol. The van der Waals surface area contributed by atoms with E-state index in [4.69, 9.17) is 4.98 Å². The van der Waals surface area contributed by atoms with Crippen LogP contribution in [0.3, 0.4) is 0 Å². The van der Waals surface area contributed by atoms with Gasteiger partial charge < -0.3 is 0 Å². The molecule has 4 aromatic heterocycles. The van der Waals surface area contributed by atoms with Gasteiger partial charge in [0.05, 0.1) is 11.2 Å². The molecule has 11 rings (SSSR count). The Morgan fingerprint density at radius 3 is 1.41 bits per heavy atom. The fraction of sp³-hybridized carbons (Fsp3) is 0. The molecule has 0 aliphatic heterocycles. The highest BCUT2D eigenvalue weighted by Gasteiger charge is 2.20. The fourth-order valence-electron chi connectivity index (χ4n) is 7.64. The van der Waals surface area contributed by atoms with E-state index < -0.39 is 0 Å². The molecule has 0 aliphatic rings. The van der Waals surface area contributed by atoms with Crippen LogP contribution in [0, 0.1) is 0 Å². The third kappa shape index (κ3) is 4.12. The minimum absolute atomic E-state index is 1.03. The summed E-state index contributed by atoms with van der Waals surface area (Å²) in [5, 5.41) is 8.97. The number of benzene rings is 7. The van der Waals surface area contributed by atoms with Crippen LogP contribution in [0.25, 0.3) is 105 Å². The number of rotatable bonds is 3. The van der Waals surface area contributed by atoms with E-state index in [0.29, 0.717) is 0 Å². The minimum Gasteiger partial charge on any atom is -0.247 e. The summed E-state index contributed by atoms with van der Waals surface area (Å²) in [5.41, 5.74) is 8.16. The van der Waals surface area contributed by atoms with Gasteiger partial charge in [-0.1, -0.05) is 109 Å². The Balaban J connectivity index is 1.27. The summed E-state index contributed by atoms with van der Waals surface area (Å²) in [6, 6.07) is 55.7. The van der Waals surface area contributed by atoms with Gasteiger partial charge >= 0.3 is 0 Å². The fourth-order valence-corrected chi connectivity index (χ4v) is 11.4. The maximum atomic E-state index is 5.47. The lowest BCUT2D eigenvalue weighted by Gasteiger charge is -2.14. The molecule has 4 heterocycles. The Morgan fingerprint density at radius 1 is 0.347 bits per heavy atom. The van der Waals surface area contributed by atoms with Gasteiger partial charge in [-0.3, -0.25) is 0 Å². The van der Waals surface area contributed by atoms with Gasteiger partial charge in [0, 0.05) is 71.5 Å². The highest BCUT2D eigenvalue weighted by Crippen LogP contribution is 2.47. The molecule has 228 valence electrons. The largest absolute Gasteiger partial charge is 0.247 e. The van der Waals surface area contributed by atoms with Crippen molar-refractivity contribution < 1.29 is 0 Å². The van der Waals surface area contributed by atoms with Crippen molar-refractivity contribution >= 4 is 105 Å². The first-order chi connectivity index (χ1) is 24.3. The summed E-state index contributed by atoms with van der Waals surface area (Å²) in [6.07, 6.45) is 0. The van der Waals surface area contributed by atoms with E-state index in [1.807, 2.05) is 34.0 Å². The van der Waals surface area contributed by atoms with Crippen LogP contribution in [0.5, 0.6) is 0 Å². The normalized spacial score (nSPS) is 12.1. The molecule has 7 aromatic carbocycles. The van der Waals surface area contributed by atoms with Crippen molar-refractivity contribution in [2.75, 3.05) is 0 Å². The molecule has 0 saturated heterocycles. The van der Waals surface area contributed by atoms with Gasteiger partial charge in [-0.15, -0.1) is 34.0 Å². The Morgan fingerprint density at radius 2 is 0.796 bits per heavy atom. The molecule has 0 saturated carbocycles. The predicted octanol–water partition coefficient (Wildman–Crippen LogP) is 14.3. The van der Waals surface area contributed by atoms with Crippen LogP contribution in [-0.2, 0) is 0 Å². The molecule has 0 spiro atoms. The number of pyridine rings is 1. The van der Waals surface area contributed by atoms with E-state index in [1.54, 1.807) is 0 Å². The van der Waals surface area contributed by atoms with Crippen molar-refractivity contribution in [2.24, 2.45) is 0 Å². The number of hydrogen-bond acceptors (Lipinski definition) is 4. The van der Waals surface area contributed by atoms with Crippen molar-refractivity contribution in [1.82, 2.24) is 4.98 Å². The van der Waals surface area contributed by atoms with Crippen LogP contribution >= 0.6 is 34.0 Å². The minimum atomic E-state index is 1.03. The molecule has 0 atom stereocenters. The lowest BCUT2D eigenvalue weighted by Crippen LogP contribution is -1.91. The van der Waals surface area contributed by atoms with Crippen LogP contribution in [0.15, 0.2) is 152 Å². The van der Waals surface area contributed by atoms with Gasteiger partial charge in [-0.05, 0) is 64.7 Å². The summed E-state index contributed by atoms with van der Waals surface area (Å²) in [4.78, 5) is 5.47. The second kappa shape index (κ2) is 10.6. The average Bonchev–Trinajstić information content (AvgIpc) is 3.86. The molecule has 1 nitrogen and oxygen atoms in total. The summed E-state index contributed by atoms with van der Waals surface area (Å²) < 4.78 is 7.87. The highest BCUT2D eigenvalue weighted by atomic mass is 32.1. The molecule has 4 heteroatoms. The zero-order valence-electron chi connectivity index (χ0n) is 26.1. The molecule has 49 heavy (non-hydrogen) atoms. The molecule has 0 unspecified atom stereocenters. The van der Waals surface area contributed by atoms with Gasteiger partial charge in [0.1, 0.15) is 0 Å². The molecule has 0 radical (unpaired) electrons. The second-order valence-electron chi connectivity index (χ2n) is 12.6. The van der Waals surface area contributed by atoms with E-state index >= 15 is 0 Å². The third-order valence-electron chi connectivity index (χ3n) is 9.85. The summed E-state index contributed by atoms with van der Waals surface area (Å²) >= 11 is 5.65. The Labute approximate surface area is 294 Å². The monoisotopic (exact) mass is 675 g/mol. The first-order valence-corrected chi connectivity index (χ1v) is 18.9. The number of hydrogen-bond donors (Lipinski definition) is 0. The van der Waals surface area contributed by atoms with E-state index in [9.17, 15) is 0 Å². The molecule has 0 bridgehead atoms. The van der Waals surface area contributed by atoms with Gasteiger partial charge in [-0.2, -0.15) is 0 Å². The Hall–Kier alpha value is -5.39. The molecular formula is C45H25NS3. The van der Waals surface area contributed by atoms with Gasteiger partial charge in [0.2, 0.25) is 0 Å². The smallest absolute Gasteiger partial charge is 0.0803 e. The summed E-state index contributed by atoms with van der Waals surface area (Å²) in [5.74, 6) is 0. The maximum Gasteiger partial charge on any atom is 0.0803 e. The molecule has 0 N–H and O–H groups in total. The highest BCUT2D eigenvalue weighted by molar-refractivity contribution is 7.27. The van der Waals surface area contributed by atoms with Crippen LogP contribution < -0.4 is 0 Å². The summed E-state index contributed by atoms with van der Waals surface area (Å²) in [7, 11) is 0. The van der Waals surface area contributed by atoms with Crippen molar-refractivity contribution in [3.05, 3.63) is 152 Å². The van der Waals surface area contributed by atoms with E-state index in [-0.39, 0.29) is 0 Å². The number of nitrogens with zero attached hydrogens (tertiary/aromatic N) is 1. The second-order valence-corrected chi connectivity index (χ2v) is 15.8. The van der Waals surface area contributed by atoms with Crippen LogP contribution in [0.4, 0.5) is 0 Å². The van der Waals surface area contributed by atoms with Crippen molar-refractivity contribution in [3.63, 3.8) is 0 Å². The van der Waals surface area contributed by atoms with Crippen LogP contribution in [0.1, 0.15) is 0 Å². The van der Waals surface area contributed by atoms with E-state index in [2.05, 4.69) is 152 Å². The molecule has 0 amide bonds. The number of aromatic nitrogens is 1. The Bertz CT molecular complexity index is 2990. The SMILES string of the molecule is c1ccc2c(c1)nc(-c1cc(-c3cccc4c3sc3ccccc34)cc(-c3cccc4c3sc3ccccc34)c1)c1c3ccccc3sc21. The van der Waals surface area contributed by atoms with Gasteiger partial charge in [-0.25, -0.2) is 4.98 Å². The van der Waals surface area contributed by atoms with Crippen LogP contribution in [0.2, 0.25) is 0 Å². The molecule has 11 aromatic rings. The first kappa shape index (κ1) is 27.5. The van der Waals surface area contributed by atoms with Crippen molar-refractivity contribution in [3.8, 4) is 33.5 Å². The quantitative estimate of drug-likeness (QED) is 0.182. The zero-order chi connectivity index (χ0) is 32.1. The number of para-hydroxylation sites is 1. The Kier molecular flexibility index (Phi) is 5.93. The summed E-state index contributed by atoms with van der Waals surface area (Å²) in [6.45, 7) is 0. The van der Waals surface area contributed by atoms with E-state index in [0.717, 1.165) is 16.8 Å². The van der Waals surface area contributed by atoms with Crippen molar-refractivity contribution in [1.29, 1.82) is 0 Å². The molecular weight excluding hydrogens is 651 g/mol. The topological polar surface area (TPSA) is 12.9 Å². The lowest BCUT2D eigenvalue weighted by molar-refractivity contribution is 1.43. The third-order valence-corrected chi connectivity index (χ3v) is 13.5.